The highest BCUT2D eigenvalue weighted by molar-refractivity contribution is 7.16. The molecule has 1 saturated carbocycles. The van der Waals surface area contributed by atoms with Crippen LogP contribution in [0.1, 0.15) is 59.3 Å². The number of aryl methyl sites for hydroxylation is 1. The second-order valence-corrected chi connectivity index (χ2v) is 7.13. The van der Waals surface area contributed by atoms with Crippen LogP contribution >= 0.6 is 11.3 Å². The normalized spacial score (nSPS) is 18.9. The van der Waals surface area contributed by atoms with Crippen molar-refractivity contribution >= 4 is 22.2 Å². The van der Waals surface area contributed by atoms with E-state index in [0.29, 0.717) is 5.92 Å². The van der Waals surface area contributed by atoms with Crippen molar-refractivity contribution in [3.8, 4) is 0 Å². The molecule has 0 radical (unpaired) electrons. The lowest BCUT2D eigenvalue weighted by Crippen LogP contribution is -2.30. The predicted octanol–water partition coefficient (Wildman–Crippen LogP) is 3.59. The van der Waals surface area contributed by atoms with Gasteiger partial charge in [0.05, 0.1) is 5.56 Å². The van der Waals surface area contributed by atoms with Crippen LogP contribution in [0.15, 0.2) is 0 Å². The number of carbonyl (C=O) groups excluding carboxylic acids is 1. The zero-order valence-corrected chi connectivity index (χ0v) is 13.1. The van der Waals surface area contributed by atoms with Crippen LogP contribution in [0.4, 0.5) is 5.00 Å². The van der Waals surface area contributed by atoms with Crippen molar-refractivity contribution in [2.45, 2.75) is 51.4 Å². The van der Waals surface area contributed by atoms with Crippen molar-refractivity contribution in [2.24, 2.45) is 5.92 Å². The summed E-state index contributed by atoms with van der Waals surface area (Å²) in [7, 11) is 1.92. The number of anilines is 1. The van der Waals surface area contributed by atoms with E-state index in [1.54, 1.807) is 11.3 Å². The zero-order chi connectivity index (χ0) is 13.9. The number of hydrogen-bond donors (Lipinski definition) is 2. The van der Waals surface area contributed by atoms with Crippen LogP contribution in [0.25, 0.3) is 0 Å². The molecule has 20 heavy (non-hydrogen) atoms. The van der Waals surface area contributed by atoms with Crippen LogP contribution in [-0.4, -0.2) is 19.5 Å². The Kier molecular flexibility index (Phi) is 4.29. The molecule has 0 bridgehead atoms. The van der Waals surface area contributed by atoms with Crippen molar-refractivity contribution in [3.05, 3.63) is 16.0 Å². The first-order valence-electron chi connectivity index (χ1n) is 7.90. The molecule has 2 aliphatic rings. The van der Waals surface area contributed by atoms with Gasteiger partial charge >= 0.3 is 0 Å². The maximum Gasteiger partial charge on any atom is 0.254 e. The monoisotopic (exact) mass is 292 g/mol. The van der Waals surface area contributed by atoms with E-state index in [1.807, 2.05) is 7.05 Å². The first kappa shape index (κ1) is 13.9. The maximum absolute atomic E-state index is 12.5. The van der Waals surface area contributed by atoms with E-state index < -0.39 is 0 Å². The van der Waals surface area contributed by atoms with Crippen molar-refractivity contribution in [3.63, 3.8) is 0 Å². The second kappa shape index (κ2) is 6.17. The largest absolute Gasteiger partial charge is 0.379 e. The van der Waals surface area contributed by atoms with Crippen LogP contribution in [0.2, 0.25) is 0 Å². The molecule has 0 saturated heterocycles. The molecule has 0 aliphatic heterocycles. The molecule has 3 nitrogen and oxygen atoms in total. The molecule has 0 aromatic carbocycles. The first-order chi connectivity index (χ1) is 9.79. The van der Waals surface area contributed by atoms with Crippen molar-refractivity contribution < 1.29 is 4.79 Å². The Hall–Kier alpha value is -1.03. The molecule has 1 fully saturated rings. The molecular weight excluding hydrogens is 268 g/mol. The SMILES string of the molecule is CNc1sc2c(c1C(=O)NCC1CCCCC1)CCC2. The molecule has 2 N–H and O–H groups in total. The third-order valence-corrected chi connectivity index (χ3v) is 5.96. The summed E-state index contributed by atoms with van der Waals surface area (Å²) in [6.07, 6.45) is 10.00. The van der Waals surface area contributed by atoms with Crippen LogP contribution in [-0.2, 0) is 12.8 Å². The minimum absolute atomic E-state index is 0.138. The number of fused-ring (bicyclic) bond motifs is 1. The highest BCUT2D eigenvalue weighted by atomic mass is 32.1. The quantitative estimate of drug-likeness (QED) is 0.890. The van der Waals surface area contributed by atoms with Crippen LogP contribution in [0.3, 0.4) is 0 Å². The van der Waals surface area contributed by atoms with Gasteiger partial charge in [-0.05, 0) is 43.6 Å². The second-order valence-electron chi connectivity index (χ2n) is 6.03. The lowest BCUT2D eigenvalue weighted by molar-refractivity contribution is 0.0944. The van der Waals surface area contributed by atoms with E-state index in [-0.39, 0.29) is 5.91 Å². The molecule has 0 atom stereocenters. The summed E-state index contributed by atoms with van der Waals surface area (Å²) in [6, 6.07) is 0. The zero-order valence-electron chi connectivity index (χ0n) is 12.3. The third-order valence-electron chi connectivity index (χ3n) is 4.65. The molecule has 1 heterocycles. The standard InChI is InChI=1S/C16H24N2OS/c1-17-16-14(12-8-5-9-13(12)20-16)15(19)18-10-11-6-3-2-4-7-11/h11,17H,2-10H2,1H3,(H,18,19). The number of hydrogen-bond acceptors (Lipinski definition) is 3. The lowest BCUT2D eigenvalue weighted by Gasteiger charge is -2.21. The predicted molar refractivity (Wildman–Crippen MR) is 84.8 cm³/mol. The van der Waals surface area contributed by atoms with Gasteiger partial charge in [0.25, 0.3) is 5.91 Å². The molecule has 3 rings (SSSR count). The average molecular weight is 292 g/mol. The van der Waals surface area contributed by atoms with E-state index in [4.69, 9.17) is 0 Å². The van der Waals surface area contributed by atoms with Gasteiger partial charge in [-0.15, -0.1) is 11.3 Å². The summed E-state index contributed by atoms with van der Waals surface area (Å²) >= 11 is 1.77. The lowest BCUT2D eigenvalue weighted by atomic mass is 9.89. The number of amides is 1. The Labute approximate surface area is 125 Å². The Morgan fingerprint density at radius 1 is 1.20 bits per heavy atom. The van der Waals surface area contributed by atoms with Crippen LogP contribution < -0.4 is 10.6 Å². The molecule has 2 aliphatic carbocycles. The molecule has 0 spiro atoms. The van der Waals surface area contributed by atoms with Gasteiger partial charge in [0.1, 0.15) is 5.00 Å². The highest BCUT2D eigenvalue weighted by Crippen LogP contribution is 2.38. The van der Waals surface area contributed by atoms with Crippen molar-refractivity contribution in [2.75, 3.05) is 18.9 Å². The van der Waals surface area contributed by atoms with Crippen LogP contribution in [0.5, 0.6) is 0 Å². The third kappa shape index (κ3) is 2.71. The number of nitrogens with one attached hydrogen (secondary N) is 2. The maximum atomic E-state index is 12.5. The summed E-state index contributed by atoms with van der Waals surface area (Å²) < 4.78 is 0. The smallest absolute Gasteiger partial charge is 0.254 e. The molecule has 1 aromatic heterocycles. The Balaban J connectivity index is 1.67. The fourth-order valence-corrected chi connectivity index (χ4v) is 4.78. The average Bonchev–Trinajstić information content (AvgIpc) is 3.05. The summed E-state index contributed by atoms with van der Waals surface area (Å²) in [6.45, 7) is 0.854. The minimum atomic E-state index is 0.138. The number of rotatable bonds is 4. The first-order valence-corrected chi connectivity index (χ1v) is 8.71. The van der Waals surface area contributed by atoms with Gasteiger partial charge in [0.15, 0.2) is 0 Å². The van der Waals surface area contributed by atoms with Crippen molar-refractivity contribution in [1.29, 1.82) is 0 Å². The van der Waals surface area contributed by atoms with Gasteiger partial charge in [-0.2, -0.15) is 0 Å². The fourth-order valence-electron chi connectivity index (χ4n) is 3.54. The highest BCUT2D eigenvalue weighted by Gasteiger charge is 2.26. The summed E-state index contributed by atoms with van der Waals surface area (Å²) in [5.41, 5.74) is 2.24. The minimum Gasteiger partial charge on any atom is -0.379 e. The fraction of sp³-hybridized carbons (Fsp3) is 0.688. The molecular formula is C16H24N2OS. The summed E-state index contributed by atoms with van der Waals surface area (Å²) in [4.78, 5) is 14.0. The van der Waals surface area contributed by atoms with E-state index in [1.165, 1.54) is 49.0 Å². The van der Waals surface area contributed by atoms with Gasteiger partial charge in [0, 0.05) is 18.5 Å². The van der Waals surface area contributed by atoms with E-state index in [0.717, 1.165) is 30.0 Å². The van der Waals surface area contributed by atoms with E-state index >= 15 is 0 Å². The molecule has 1 amide bonds. The molecule has 110 valence electrons. The Morgan fingerprint density at radius 3 is 2.75 bits per heavy atom. The van der Waals surface area contributed by atoms with Gasteiger partial charge in [-0.3, -0.25) is 4.79 Å². The van der Waals surface area contributed by atoms with Crippen molar-refractivity contribution in [1.82, 2.24) is 5.32 Å². The van der Waals surface area contributed by atoms with Gasteiger partial charge < -0.3 is 10.6 Å². The molecule has 4 heteroatoms. The summed E-state index contributed by atoms with van der Waals surface area (Å²) in [5, 5.41) is 7.44. The van der Waals surface area contributed by atoms with Gasteiger partial charge in [-0.1, -0.05) is 19.3 Å². The van der Waals surface area contributed by atoms with Crippen LogP contribution in [0, 0.1) is 5.92 Å². The van der Waals surface area contributed by atoms with Gasteiger partial charge in [-0.25, -0.2) is 0 Å². The number of thiophene rings is 1. The molecule has 0 unspecified atom stereocenters. The van der Waals surface area contributed by atoms with E-state index in [9.17, 15) is 4.79 Å². The molecule has 1 aromatic rings. The Morgan fingerprint density at radius 2 is 2.00 bits per heavy atom. The number of carbonyl (C=O) groups is 1. The topological polar surface area (TPSA) is 41.1 Å². The Bertz CT molecular complexity index is 489. The van der Waals surface area contributed by atoms with Gasteiger partial charge in [0.2, 0.25) is 0 Å². The van der Waals surface area contributed by atoms with E-state index in [2.05, 4.69) is 10.6 Å². The summed E-state index contributed by atoms with van der Waals surface area (Å²) in [5.74, 6) is 0.830.